The molecule has 3 aromatic rings. The Morgan fingerprint density at radius 1 is 1.24 bits per heavy atom. The number of rotatable bonds is 7. The van der Waals surface area contributed by atoms with Crippen LogP contribution < -0.4 is 4.74 Å². The zero-order chi connectivity index (χ0) is 17.6. The highest BCUT2D eigenvalue weighted by Crippen LogP contribution is 2.21. The quantitative estimate of drug-likeness (QED) is 0.653. The van der Waals surface area contributed by atoms with Gasteiger partial charge in [-0.25, -0.2) is 0 Å². The van der Waals surface area contributed by atoms with Crippen molar-refractivity contribution in [3.63, 3.8) is 0 Å². The number of aromatic amines is 1. The molecule has 0 bridgehead atoms. The number of hydrogen-bond donors (Lipinski definition) is 1. The van der Waals surface area contributed by atoms with E-state index in [0.717, 1.165) is 39.9 Å². The Morgan fingerprint density at radius 2 is 2.12 bits per heavy atom. The van der Waals surface area contributed by atoms with E-state index in [2.05, 4.69) is 40.6 Å². The van der Waals surface area contributed by atoms with E-state index in [-0.39, 0.29) is 0 Å². The molecule has 0 amide bonds. The Bertz CT molecular complexity index is 917. The standard InChI is InChI=1S/C22H22N2O/c1-4-12-24(3)15-17(2)19-7-5-6-18(13-19)16-25-21-8-9-22-20(14-21)10-11-23-22/h1,5-11,13-14,23H,2,12,15-16H2,3H3. The fourth-order valence-electron chi connectivity index (χ4n) is 2.80. The minimum Gasteiger partial charge on any atom is -0.489 e. The molecular weight excluding hydrogens is 308 g/mol. The molecule has 0 radical (unpaired) electrons. The highest BCUT2D eigenvalue weighted by Gasteiger charge is 2.05. The van der Waals surface area contributed by atoms with E-state index in [1.54, 1.807) is 0 Å². The van der Waals surface area contributed by atoms with Gasteiger partial charge in [0, 0.05) is 23.6 Å². The van der Waals surface area contributed by atoms with Crippen LogP contribution in [0.4, 0.5) is 0 Å². The summed E-state index contributed by atoms with van der Waals surface area (Å²) in [6.07, 6.45) is 7.28. The van der Waals surface area contributed by atoms with E-state index >= 15 is 0 Å². The molecule has 0 saturated heterocycles. The van der Waals surface area contributed by atoms with Crippen molar-refractivity contribution in [3.8, 4) is 18.1 Å². The fourth-order valence-corrected chi connectivity index (χ4v) is 2.80. The second-order valence-electron chi connectivity index (χ2n) is 6.20. The summed E-state index contributed by atoms with van der Waals surface area (Å²) in [7, 11) is 2.00. The minimum absolute atomic E-state index is 0.525. The van der Waals surface area contributed by atoms with Crippen molar-refractivity contribution < 1.29 is 4.74 Å². The predicted octanol–water partition coefficient (Wildman–Crippen LogP) is 4.33. The number of benzene rings is 2. The van der Waals surface area contributed by atoms with E-state index < -0.39 is 0 Å². The van der Waals surface area contributed by atoms with Gasteiger partial charge in [0.25, 0.3) is 0 Å². The number of H-pyrrole nitrogens is 1. The van der Waals surface area contributed by atoms with Crippen LogP contribution in [0.25, 0.3) is 16.5 Å². The van der Waals surface area contributed by atoms with Gasteiger partial charge in [-0.3, -0.25) is 4.90 Å². The first-order valence-corrected chi connectivity index (χ1v) is 8.25. The first-order valence-electron chi connectivity index (χ1n) is 8.25. The summed E-state index contributed by atoms with van der Waals surface area (Å²) in [6, 6.07) is 16.4. The number of fused-ring (bicyclic) bond motifs is 1. The topological polar surface area (TPSA) is 28.3 Å². The second-order valence-corrected chi connectivity index (χ2v) is 6.20. The highest BCUT2D eigenvalue weighted by atomic mass is 16.5. The molecule has 0 aliphatic rings. The molecule has 0 aliphatic carbocycles. The highest BCUT2D eigenvalue weighted by molar-refractivity contribution is 5.80. The molecule has 0 fully saturated rings. The second kappa shape index (κ2) is 7.74. The van der Waals surface area contributed by atoms with Crippen molar-refractivity contribution in [2.45, 2.75) is 6.61 Å². The Balaban J connectivity index is 1.65. The normalized spacial score (nSPS) is 10.8. The molecule has 3 nitrogen and oxygen atoms in total. The molecule has 0 spiro atoms. The number of terminal acetylenes is 1. The zero-order valence-electron chi connectivity index (χ0n) is 14.5. The van der Waals surface area contributed by atoms with Crippen LogP contribution in [0, 0.1) is 12.3 Å². The molecule has 3 rings (SSSR count). The Morgan fingerprint density at radius 3 is 2.96 bits per heavy atom. The Labute approximate surface area is 148 Å². The minimum atomic E-state index is 0.525. The third kappa shape index (κ3) is 4.32. The molecule has 25 heavy (non-hydrogen) atoms. The monoisotopic (exact) mass is 330 g/mol. The van der Waals surface area contributed by atoms with Gasteiger partial charge in [0.05, 0.1) is 6.54 Å². The summed E-state index contributed by atoms with van der Waals surface area (Å²) in [6.45, 7) is 6.07. The summed E-state index contributed by atoms with van der Waals surface area (Å²) >= 11 is 0. The van der Waals surface area contributed by atoms with Crippen LogP contribution >= 0.6 is 0 Å². The SMILES string of the molecule is C#CCN(C)CC(=C)c1cccc(COc2ccc3[nH]ccc3c2)c1. The van der Waals surface area contributed by atoms with Crippen molar-refractivity contribution in [1.82, 2.24) is 9.88 Å². The summed E-state index contributed by atoms with van der Waals surface area (Å²) < 4.78 is 5.94. The lowest BCUT2D eigenvalue weighted by Crippen LogP contribution is -2.20. The average Bonchev–Trinajstić information content (AvgIpc) is 3.08. The number of likely N-dealkylation sites (N-methyl/N-ethyl adjacent to an activating group) is 1. The van der Waals surface area contributed by atoms with Crippen LogP contribution in [-0.2, 0) is 6.61 Å². The van der Waals surface area contributed by atoms with E-state index in [1.165, 1.54) is 0 Å². The molecule has 0 atom stereocenters. The fraction of sp³-hybridized carbons (Fsp3) is 0.182. The predicted molar refractivity (Wildman–Crippen MR) is 104 cm³/mol. The van der Waals surface area contributed by atoms with Crippen LogP contribution in [0.5, 0.6) is 5.75 Å². The van der Waals surface area contributed by atoms with Gasteiger partial charge in [-0.2, -0.15) is 0 Å². The van der Waals surface area contributed by atoms with Crippen LogP contribution in [0.3, 0.4) is 0 Å². The van der Waals surface area contributed by atoms with Crippen molar-refractivity contribution >= 4 is 16.5 Å². The third-order valence-corrected chi connectivity index (χ3v) is 4.09. The third-order valence-electron chi connectivity index (χ3n) is 4.09. The van der Waals surface area contributed by atoms with E-state index in [1.807, 2.05) is 43.6 Å². The number of ether oxygens (including phenoxy) is 1. The lowest BCUT2D eigenvalue weighted by atomic mass is 10.0. The number of nitrogens with one attached hydrogen (secondary N) is 1. The van der Waals surface area contributed by atoms with Crippen LogP contribution in [-0.4, -0.2) is 30.0 Å². The molecule has 1 N–H and O–H groups in total. The molecular formula is C22H22N2O. The molecule has 3 heteroatoms. The maximum absolute atomic E-state index is 5.94. The molecule has 1 heterocycles. The summed E-state index contributed by atoms with van der Waals surface area (Å²) in [5, 5.41) is 1.15. The number of hydrogen-bond acceptors (Lipinski definition) is 2. The van der Waals surface area contributed by atoms with Gasteiger partial charge in [-0.15, -0.1) is 6.42 Å². The van der Waals surface area contributed by atoms with Crippen molar-refractivity contribution in [3.05, 3.63) is 72.4 Å². The first kappa shape index (κ1) is 16.9. The van der Waals surface area contributed by atoms with Gasteiger partial charge in [-0.05, 0) is 54.1 Å². The molecule has 126 valence electrons. The maximum atomic E-state index is 5.94. The van der Waals surface area contributed by atoms with Crippen molar-refractivity contribution in [2.24, 2.45) is 0 Å². The lowest BCUT2D eigenvalue weighted by molar-refractivity contribution is 0.306. The Hall–Kier alpha value is -2.96. The average molecular weight is 330 g/mol. The largest absolute Gasteiger partial charge is 0.489 e. The van der Waals surface area contributed by atoms with Crippen LogP contribution in [0.15, 0.2) is 61.3 Å². The summed E-state index contributed by atoms with van der Waals surface area (Å²) in [5.41, 5.74) is 4.40. The molecule has 0 unspecified atom stereocenters. The number of aromatic nitrogens is 1. The van der Waals surface area contributed by atoms with Crippen LogP contribution in [0.1, 0.15) is 11.1 Å². The van der Waals surface area contributed by atoms with Crippen molar-refractivity contribution in [1.29, 1.82) is 0 Å². The molecule has 0 aliphatic heterocycles. The van der Waals surface area contributed by atoms with E-state index in [9.17, 15) is 0 Å². The van der Waals surface area contributed by atoms with Gasteiger partial charge in [0.15, 0.2) is 0 Å². The smallest absolute Gasteiger partial charge is 0.120 e. The summed E-state index contributed by atoms with van der Waals surface area (Å²) in [5.74, 6) is 3.51. The van der Waals surface area contributed by atoms with E-state index in [0.29, 0.717) is 13.2 Å². The van der Waals surface area contributed by atoms with Crippen molar-refractivity contribution in [2.75, 3.05) is 20.1 Å². The van der Waals surface area contributed by atoms with Gasteiger partial charge in [0.2, 0.25) is 0 Å². The summed E-state index contributed by atoms with van der Waals surface area (Å²) in [4.78, 5) is 5.25. The van der Waals surface area contributed by atoms with Gasteiger partial charge in [-0.1, -0.05) is 30.7 Å². The first-order chi connectivity index (χ1) is 12.2. The molecule has 0 saturated carbocycles. The molecule has 1 aromatic heterocycles. The van der Waals surface area contributed by atoms with Gasteiger partial charge in [0.1, 0.15) is 12.4 Å². The maximum Gasteiger partial charge on any atom is 0.120 e. The van der Waals surface area contributed by atoms with Gasteiger partial charge < -0.3 is 9.72 Å². The zero-order valence-corrected chi connectivity index (χ0v) is 14.5. The lowest BCUT2D eigenvalue weighted by Gasteiger charge is -2.16. The van der Waals surface area contributed by atoms with E-state index in [4.69, 9.17) is 11.2 Å². The van der Waals surface area contributed by atoms with Crippen LogP contribution in [0.2, 0.25) is 0 Å². The Kier molecular flexibility index (Phi) is 5.23. The number of nitrogens with zero attached hydrogens (tertiary/aromatic N) is 1. The van der Waals surface area contributed by atoms with Gasteiger partial charge >= 0.3 is 0 Å². The molecule has 2 aromatic carbocycles.